The van der Waals surface area contributed by atoms with Gasteiger partial charge in [-0.05, 0) is 12.8 Å². The topological polar surface area (TPSA) is 46.3 Å². The summed E-state index contributed by atoms with van der Waals surface area (Å²) in [5.41, 5.74) is 5.60. The molecule has 0 aromatic carbocycles. The molecule has 1 heterocycles. The lowest BCUT2D eigenvalue weighted by molar-refractivity contribution is -0.139. The van der Waals surface area contributed by atoms with Gasteiger partial charge >= 0.3 is 0 Å². The van der Waals surface area contributed by atoms with E-state index in [0.717, 1.165) is 25.9 Å². The molecule has 3 nitrogen and oxygen atoms in total. The van der Waals surface area contributed by atoms with Gasteiger partial charge in [0.1, 0.15) is 0 Å². The van der Waals surface area contributed by atoms with Crippen molar-refractivity contribution in [3.8, 4) is 0 Å². The van der Waals surface area contributed by atoms with Gasteiger partial charge in [0.25, 0.3) is 0 Å². The molecule has 3 heteroatoms. The Kier molecular flexibility index (Phi) is 1.89. The number of nitrogens with zero attached hydrogens (tertiary/aromatic N) is 1. The van der Waals surface area contributed by atoms with Crippen LogP contribution in [-0.2, 0) is 4.79 Å². The van der Waals surface area contributed by atoms with Crippen LogP contribution in [0.5, 0.6) is 0 Å². The van der Waals surface area contributed by atoms with Gasteiger partial charge in [-0.3, -0.25) is 4.79 Å². The molecule has 0 atom stereocenters. The minimum Gasteiger partial charge on any atom is -0.339 e. The Balaban J connectivity index is 1.84. The highest BCUT2D eigenvalue weighted by molar-refractivity contribution is 5.80. The standard InChI is InChI=1S/C9H14N2O/c10-8-5-11(6-8)9(12)7-3-1-2-4-7/h1-2,7-8H,3-6,10H2. The summed E-state index contributed by atoms with van der Waals surface area (Å²) >= 11 is 0. The fraction of sp³-hybridized carbons (Fsp3) is 0.667. The molecular weight excluding hydrogens is 152 g/mol. The normalized spacial score (nSPS) is 24.6. The molecule has 66 valence electrons. The Morgan fingerprint density at radius 2 is 1.92 bits per heavy atom. The Labute approximate surface area is 72.2 Å². The highest BCUT2D eigenvalue weighted by atomic mass is 16.2. The Morgan fingerprint density at radius 3 is 2.42 bits per heavy atom. The van der Waals surface area contributed by atoms with Crippen molar-refractivity contribution in [3.63, 3.8) is 0 Å². The largest absolute Gasteiger partial charge is 0.339 e. The van der Waals surface area contributed by atoms with Crippen LogP contribution in [-0.4, -0.2) is 29.9 Å². The summed E-state index contributed by atoms with van der Waals surface area (Å²) in [6.07, 6.45) is 6.01. The predicted molar refractivity (Wildman–Crippen MR) is 46.4 cm³/mol. The summed E-state index contributed by atoms with van der Waals surface area (Å²) in [5, 5.41) is 0. The second-order valence-corrected chi connectivity index (χ2v) is 3.64. The van der Waals surface area contributed by atoms with E-state index in [2.05, 4.69) is 12.2 Å². The zero-order valence-corrected chi connectivity index (χ0v) is 7.07. The van der Waals surface area contributed by atoms with Gasteiger partial charge in [0.05, 0.1) is 0 Å². The molecule has 1 aliphatic heterocycles. The van der Waals surface area contributed by atoms with Gasteiger partial charge in [0, 0.05) is 25.0 Å². The molecule has 1 saturated heterocycles. The third-order valence-electron chi connectivity index (χ3n) is 2.58. The first-order valence-corrected chi connectivity index (χ1v) is 4.47. The summed E-state index contributed by atoms with van der Waals surface area (Å²) in [6, 6.07) is 0.225. The fourth-order valence-corrected chi connectivity index (χ4v) is 1.77. The van der Waals surface area contributed by atoms with E-state index in [4.69, 9.17) is 5.73 Å². The minimum absolute atomic E-state index is 0.220. The second-order valence-electron chi connectivity index (χ2n) is 3.64. The van der Waals surface area contributed by atoms with E-state index < -0.39 is 0 Å². The number of likely N-dealkylation sites (tertiary alicyclic amines) is 1. The summed E-state index contributed by atoms with van der Waals surface area (Å²) in [4.78, 5) is 13.5. The molecule has 1 aliphatic carbocycles. The van der Waals surface area contributed by atoms with E-state index in [1.807, 2.05) is 4.90 Å². The lowest BCUT2D eigenvalue weighted by Crippen LogP contribution is -2.59. The first kappa shape index (κ1) is 7.80. The van der Waals surface area contributed by atoms with E-state index in [1.165, 1.54) is 0 Å². The summed E-state index contributed by atoms with van der Waals surface area (Å²) in [5.74, 6) is 0.513. The lowest BCUT2D eigenvalue weighted by Gasteiger charge is -2.38. The van der Waals surface area contributed by atoms with Crippen molar-refractivity contribution >= 4 is 5.91 Å². The fourth-order valence-electron chi connectivity index (χ4n) is 1.77. The van der Waals surface area contributed by atoms with Crippen molar-refractivity contribution in [2.24, 2.45) is 11.7 Å². The molecule has 0 bridgehead atoms. The monoisotopic (exact) mass is 166 g/mol. The molecule has 0 aromatic heterocycles. The maximum absolute atomic E-state index is 11.6. The molecule has 12 heavy (non-hydrogen) atoms. The maximum Gasteiger partial charge on any atom is 0.226 e. The molecule has 0 unspecified atom stereocenters. The molecule has 1 amide bonds. The van der Waals surface area contributed by atoms with Gasteiger partial charge in [0.15, 0.2) is 0 Å². The second kappa shape index (κ2) is 2.90. The highest BCUT2D eigenvalue weighted by Gasteiger charge is 2.32. The van der Waals surface area contributed by atoms with E-state index in [1.54, 1.807) is 0 Å². The summed E-state index contributed by atoms with van der Waals surface area (Å²) in [6.45, 7) is 1.52. The lowest BCUT2D eigenvalue weighted by atomic mass is 10.0. The van der Waals surface area contributed by atoms with Crippen molar-refractivity contribution in [3.05, 3.63) is 12.2 Å². The first-order chi connectivity index (χ1) is 5.77. The predicted octanol–water partition coefficient (Wildman–Crippen LogP) is 0.122. The number of amides is 1. The average molecular weight is 166 g/mol. The van der Waals surface area contributed by atoms with Crippen molar-refractivity contribution < 1.29 is 4.79 Å². The molecule has 0 spiro atoms. The number of carbonyl (C=O) groups is 1. The van der Waals surface area contributed by atoms with Crippen molar-refractivity contribution in [2.75, 3.05) is 13.1 Å². The number of hydrogen-bond donors (Lipinski definition) is 1. The third kappa shape index (κ3) is 1.25. The van der Waals surface area contributed by atoms with Gasteiger partial charge in [-0.15, -0.1) is 0 Å². The van der Waals surface area contributed by atoms with Crippen molar-refractivity contribution in [2.45, 2.75) is 18.9 Å². The zero-order valence-electron chi connectivity index (χ0n) is 7.07. The Hall–Kier alpha value is -0.830. The molecule has 2 rings (SSSR count). The Morgan fingerprint density at radius 1 is 1.33 bits per heavy atom. The van der Waals surface area contributed by atoms with E-state index in [0.29, 0.717) is 5.91 Å². The molecular formula is C9H14N2O. The average Bonchev–Trinajstić information content (AvgIpc) is 2.49. The summed E-state index contributed by atoms with van der Waals surface area (Å²) in [7, 11) is 0. The summed E-state index contributed by atoms with van der Waals surface area (Å²) < 4.78 is 0. The highest BCUT2D eigenvalue weighted by Crippen LogP contribution is 2.22. The van der Waals surface area contributed by atoms with Crippen LogP contribution in [0.15, 0.2) is 12.2 Å². The quantitative estimate of drug-likeness (QED) is 0.562. The Bertz CT molecular complexity index is 211. The van der Waals surface area contributed by atoms with E-state index >= 15 is 0 Å². The smallest absolute Gasteiger partial charge is 0.226 e. The van der Waals surface area contributed by atoms with Gasteiger partial charge in [-0.25, -0.2) is 0 Å². The molecule has 0 saturated carbocycles. The van der Waals surface area contributed by atoms with Crippen LogP contribution in [0.2, 0.25) is 0 Å². The van der Waals surface area contributed by atoms with Crippen molar-refractivity contribution in [1.82, 2.24) is 4.90 Å². The van der Waals surface area contributed by atoms with Gasteiger partial charge in [-0.2, -0.15) is 0 Å². The SMILES string of the molecule is NC1CN(C(=O)C2CC=CC2)C1. The van der Waals surface area contributed by atoms with Crippen LogP contribution in [0.1, 0.15) is 12.8 Å². The molecule has 1 fully saturated rings. The zero-order chi connectivity index (χ0) is 8.55. The number of allylic oxidation sites excluding steroid dienone is 2. The van der Waals surface area contributed by atoms with Crippen LogP contribution in [0, 0.1) is 5.92 Å². The molecule has 0 radical (unpaired) electrons. The van der Waals surface area contributed by atoms with E-state index in [9.17, 15) is 4.79 Å². The third-order valence-corrected chi connectivity index (χ3v) is 2.58. The number of rotatable bonds is 1. The minimum atomic E-state index is 0.220. The van der Waals surface area contributed by atoms with Crippen LogP contribution in [0.4, 0.5) is 0 Å². The van der Waals surface area contributed by atoms with E-state index in [-0.39, 0.29) is 12.0 Å². The van der Waals surface area contributed by atoms with Gasteiger partial charge < -0.3 is 10.6 Å². The van der Waals surface area contributed by atoms with Crippen LogP contribution in [0.25, 0.3) is 0 Å². The van der Waals surface area contributed by atoms with Crippen LogP contribution < -0.4 is 5.73 Å². The van der Waals surface area contributed by atoms with Gasteiger partial charge in [-0.1, -0.05) is 12.2 Å². The molecule has 0 aromatic rings. The van der Waals surface area contributed by atoms with Crippen LogP contribution in [0.3, 0.4) is 0 Å². The first-order valence-electron chi connectivity index (χ1n) is 4.47. The number of carbonyl (C=O) groups excluding carboxylic acids is 1. The van der Waals surface area contributed by atoms with Gasteiger partial charge in [0.2, 0.25) is 5.91 Å². The van der Waals surface area contributed by atoms with Crippen LogP contribution >= 0.6 is 0 Å². The maximum atomic E-state index is 11.6. The molecule has 2 N–H and O–H groups in total. The number of hydrogen-bond acceptors (Lipinski definition) is 2. The molecule has 2 aliphatic rings. The van der Waals surface area contributed by atoms with Crippen molar-refractivity contribution in [1.29, 1.82) is 0 Å². The number of nitrogens with two attached hydrogens (primary N) is 1.